The Labute approximate surface area is 113 Å². The van der Waals surface area contributed by atoms with Crippen LogP contribution in [0.4, 0.5) is 0 Å². The van der Waals surface area contributed by atoms with E-state index in [2.05, 4.69) is 23.2 Å². The molecule has 0 spiro atoms. The SMILES string of the molecule is Clc1ccc2sc3cc4ccncc4cc3c2c1. The van der Waals surface area contributed by atoms with Crippen LogP contribution in [0.5, 0.6) is 0 Å². The van der Waals surface area contributed by atoms with Crippen molar-refractivity contribution in [3.05, 3.63) is 53.8 Å². The summed E-state index contributed by atoms with van der Waals surface area (Å²) in [4.78, 5) is 4.18. The Bertz CT molecular complexity index is 895. The Kier molecular flexibility index (Phi) is 2.10. The minimum atomic E-state index is 0.786. The Morgan fingerprint density at radius 1 is 0.889 bits per heavy atom. The topological polar surface area (TPSA) is 12.9 Å². The summed E-state index contributed by atoms with van der Waals surface area (Å²) in [6.45, 7) is 0. The Morgan fingerprint density at radius 3 is 2.72 bits per heavy atom. The quantitative estimate of drug-likeness (QED) is 0.424. The zero-order valence-corrected chi connectivity index (χ0v) is 10.9. The highest BCUT2D eigenvalue weighted by Crippen LogP contribution is 2.37. The van der Waals surface area contributed by atoms with Crippen molar-refractivity contribution in [2.45, 2.75) is 0 Å². The number of rotatable bonds is 0. The van der Waals surface area contributed by atoms with Crippen LogP contribution in [0.3, 0.4) is 0 Å². The van der Waals surface area contributed by atoms with Gasteiger partial charge in [-0.15, -0.1) is 11.3 Å². The molecule has 0 aliphatic carbocycles. The largest absolute Gasteiger partial charge is 0.264 e. The van der Waals surface area contributed by atoms with E-state index in [4.69, 9.17) is 11.6 Å². The standard InChI is InChI=1S/C15H8ClNS/c16-11-1-2-14-13(7-11)12-5-10-8-17-4-3-9(10)6-15(12)18-14/h1-8H. The Hall–Kier alpha value is -1.64. The molecular formula is C15H8ClNS. The third-order valence-corrected chi connectivity index (χ3v) is 4.56. The van der Waals surface area contributed by atoms with Gasteiger partial charge in [0.15, 0.2) is 0 Å². The fourth-order valence-electron chi connectivity index (χ4n) is 2.33. The number of benzene rings is 2. The van der Waals surface area contributed by atoms with Gasteiger partial charge in [-0.1, -0.05) is 11.6 Å². The predicted octanol–water partition coefficient (Wildman–Crippen LogP) is 5.26. The van der Waals surface area contributed by atoms with Crippen LogP contribution in [0, 0.1) is 0 Å². The van der Waals surface area contributed by atoms with Gasteiger partial charge in [-0.25, -0.2) is 0 Å². The molecule has 0 aliphatic rings. The van der Waals surface area contributed by atoms with Gasteiger partial charge in [0.1, 0.15) is 0 Å². The molecule has 2 aromatic carbocycles. The molecule has 0 saturated heterocycles. The summed E-state index contributed by atoms with van der Waals surface area (Å²) in [7, 11) is 0. The maximum Gasteiger partial charge on any atom is 0.0413 e. The van der Waals surface area contributed by atoms with E-state index in [1.165, 1.54) is 30.9 Å². The lowest BCUT2D eigenvalue weighted by Gasteiger charge is -1.97. The van der Waals surface area contributed by atoms with Crippen LogP contribution < -0.4 is 0 Å². The highest BCUT2D eigenvalue weighted by atomic mass is 35.5. The molecule has 0 radical (unpaired) electrons. The summed E-state index contributed by atoms with van der Waals surface area (Å²) in [6, 6.07) is 12.5. The second-order valence-electron chi connectivity index (χ2n) is 4.31. The first kappa shape index (κ1) is 10.3. The van der Waals surface area contributed by atoms with Crippen molar-refractivity contribution in [3.63, 3.8) is 0 Å². The number of pyridine rings is 1. The lowest BCUT2D eigenvalue weighted by atomic mass is 10.1. The van der Waals surface area contributed by atoms with Crippen molar-refractivity contribution >= 4 is 53.9 Å². The molecule has 0 N–H and O–H groups in total. The Morgan fingerprint density at radius 2 is 1.78 bits per heavy atom. The molecule has 4 aromatic rings. The summed E-state index contributed by atoms with van der Waals surface area (Å²) in [5, 5.41) is 5.68. The second-order valence-corrected chi connectivity index (χ2v) is 5.83. The average Bonchev–Trinajstić information content (AvgIpc) is 2.73. The van der Waals surface area contributed by atoms with Gasteiger partial charge in [0.25, 0.3) is 0 Å². The van der Waals surface area contributed by atoms with Gasteiger partial charge in [0, 0.05) is 43.0 Å². The highest BCUT2D eigenvalue weighted by Gasteiger charge is 2.06. The predicted molar refractivity (Wildman–Crippen MR) is 79.6 cm³/mol. The highest BCUT2D eigenvalue weighted by molar-refractivity contribution is 7.25. The van der Waals surface area contributed by atoms with E-state index < -0.39 is 0 Å². The number of hydrogen-bond donors (Lipinski definition) is 0. The molecule has 0 aliphatic heterocycles. The summed E-state index contributed by atoms with van der Waals surface area (Å²) in [5.41, 5.74) is 0. The van der Waals surface area contributed by atoms with Gasteiger partial charge < -0.3 is 0 Å². The van der Waals surface area contributed by atoms with Gasteiger partial charge >= 0.3 is 0 Å². The van der Waals surface area contributed by atoms with Gasteiger partial charge in [0.05, 0.1) is 0 Å². The molecule has 2 aromatic heterocycles. The lowest BCUT2D eigenvalue weighted by molar-refractivity contribution is 1.37. The van der Waals surface area contributed by atoms with E-state index in [0.29, 0.717) is 0 Å². The molecular weight excluding hydrogens is 262 g/mol. The smallest absolute Gasteiger partial charge is 0.0413 e. The maximum atomic E-state index is 6.09. The zero-order valence-electron chi connectivity index (χ0n) is 9.35. The van der Waals surface area contributed by atoms with Crippen LogP contribution in [0.25, 0.3) is 30.9 Å². The van der Waals surface area contributed by atoms with Crippen molar-refractivity contribution in [2.75, 3.05) is 0 Å². The van der Waals surface area contributed by atoms with Crippen molar-refractivity contribution in [3.8, 4) is 0 Å². The molecule has 1 nitrogen and oxygen atoms in total. The summed E-state index contributed by atoms with van der Waals surface area (Å²) in [5.74, 6) is 0. The summed E-state index contributed by atoms with van der Waals surface area (Å²) < 4.78 is 2.57. The lowest BCUT2D eigenvalue weighted by Crippen LogP contribution is -1.74. The van der Waals surface area contributed by atoms with Gasteiger partial charge in [0.2, 0.25) is 0 Å². The number of nitrogens with zero attached hydrogens (tertiary/aromatic N) is 1. The molecule has 0 bridgehead atoms. The minimum Gasteiger partial charge on any atom is -0.264 e. The maximum absolute atomic E-state index is 6.09. The van der Waals surface area contributed by atoms with E-state index >= 15 is 0 Å². The number of aromatic nitrogens is 1. The fraction of sp³-hybridized carbons (Fsp3) is 0. The van der Waals surface area contributed by atoms with E-state index in [9.17, 15) is 0 Å². The molecule has 3 heteroatoms. The molecule has 0 saturated carbocycles. The number of hydrogen-bond acceptors (Lipinski definition) is 2. The van der Waals surface area contributed by atoms with Crippen molar-refractivity contribution in [2.24, 2.45) is 0 Å². The number of fused-ring (bicyclic) bond motifs is 4. The van der Waals surface area contributed by atoms with Crippen LogP contribution in [0.2, 0.25) is 5.02 Å². The van der Waals surface area contributed by atoms with Gasteiger partial charge in [-0.05, 0) is 41.8 Å². The van der Waals surface area contributed by atoms with Gasteiger partial charge in [-0.3, -0.25) is 4.98 Å². The third kappa shape index (κ3) is 1.43. The molecule has 0 fully saturated rings. The molecule has 18 heavy (non-hydrogen) atoms. The minimum absolute atomic E-state index is 0.786. The van der Waals surface area contributed by atoms with E-state index in [0.717, 1.165) is 5.02 Å². The van der Waals surface area contributed by atoms with E-state index in [1.807, 2.05) is 30.6 Å². The summed E-state index contributed by atoms with van der Waals surface area (Å²) >= 11 is 7.89. The normalized spacial score (nSPS) is 11.6. The third-order valence-electron chi connectivity index (χ3n) is 3.19. The van der Waals surface area contributed by atoms with Crippen LogP contribution in [0.1, 0.15) is 0 Å². The number of thiophene rings is 1. The Balaban J connectivity index is 2.25. The van der Waals surface area contributed by atoms with Crippen molar-refractivity contribution < 1.29 is 0 Å². The van der Waals surface area contributed by atoms with Crippen LogP contribution in [0.15, 0.2) is 48.8 Å². The van der Waals surface area contributed by atoms with Crippen LogP contribution >= 0.6 is 22.9 Å². The molecule has 0 atom stereocenters. The molecule has 4 rings (SSSR count). The number of halogens is 1. The first-order chi connectivity index (χ1) is 8.81. The monoisotopic (exact) mass is 269 g/mol. The first-order valence-electron chi connectivity index (χ1n) is 5.67. The zero-order chi connectivity index (χ0) is 12.1. The van der Waals surface area contributed by atoms with E-state index in [1.54, 1.807) is 11.3 Å². The van der Waals surface area contributed by atoms with Gasteiger partial charge in [-0.2, -0.15) is 0 Å². The van der Waals surface area contributed by atoms with Crippen molar-refractivity contribution in [1.29, 1.82) is 0 Å². The average molecular weight is 270 g/mol. The molecule has 0 unspecified atom stereocenters. The van der Waals surface area contributed by atoms with Crippen LogP contribution in [-0.2, 0) is 0 Å². The first-order valence-corrected chi connectivity index (χ1v) is 6.86. The fourth-order valence-corrected chi connectivity index (χ4v) is 3.62. The van der Waals surface area contributed by atoms with E-state index in [-0.39, 0.29) is 0 Å². The van der Waals surface area contributed by atoms with Crippen LogP contribution in [-0.4, -0.2) is 4.98 Å². The molecule has 86 valence electrons. The second kappa shape index (κ2) is 3.67. The van der Waals surface area contributed by atoms with Crippen molar-refractivity contribution in [1.82, 2.24) is 4.98 Å². The molecule has 2 heterocycles. The molecule has 0 amide bonds. The summed E-state index contributed by atoms with van der Waals surface area (Å²) in [6.07, 6.45) is 3.74.